The van der Waals surface area contributed by atoms with Crippen LogP contribution in [0, 0.1) is 0 Å². The van der Waals surface area contributed by atoms with Gasteiger partial charge in [-0.25, -0.2) is 4.98 Å². The number of thiazole rings is 1. The summed E-state index contributed by atoms with van der Waals surface area (Å²) in [6.07, 6.45) is 2.26. The minimum atomic E-state index is 0.297. The van der Waals surface area contributed by atoms with E-state index in [2.05, 4.69) is 34.4 Å². The van der Waals surface area contributed by atoms with Gasteiger partial charge >= 0.3 is 0 Å². The molecule has 0 saturated carbocycles. The highest BCUT2D eigenvalue weighted by molar-refractivity contribution is 7.15. The first kappa shape index (κ1) is 14.7. The van der Waals surface area contributed by atoms with Gasteiger partial charge in [-0.15, -0.1) is 11.3 Å². The van der Waals surface area contributed by atoms with Crippen LogP contribution in [0.1, 0.15) is 4.88 Å². The Bertz CT molecular complexity index is 558. The van der Waals surface area contributed by atoms with Crippen molar-refractivity contribution in [3.05, 3.63) is 41.4 Å². The average molecular weight is 303 g/mol. The monoisotopic (exact) mass is 303 g/mol. The van der Waals surface area contributed by atoms with Crippen molar-refractivity contribution in [2.24, 2.45) is 0 Å². The van der Waals surface area contributed by atoms with Crippen molar-refractivity contribution in [2.75, 3.05) is 33.3 Å². The number of nitrogens with zero attached hydrogens (tertiary/aromatic N) is 2. The van der Waals surface area contributed by atoms with Crippen molar-refractivity contribution in [1.82, 2.24) is 15.2 Å². The highest BCUT2D eigenvalue weighted by atomic mass is 32.1. The Morgan fingerprint density at radius 2 is 2.24 bits per heavy atom. The van der Waals surface area contributed by atoms with Crippen molar-refractivity contribution in [1.29, 1.82) is 0 Å². The van der Waals surface area contributed by atoms with Gasteiger partial charge in [0.1, 0.15) is 5.01 Å². The summed E-state index contributed by atoms with van der Waals surface area (Å²) in [5.74, 6) is 0. The first-order chi connectivity index (χ1) is 10.3. The Morgan fingerprint density at radius 1 is 1.38 bits per heavy atom. The van der Waals surface area contributed by atoms with Gasteiger partial charge in [-0.2, -0.15) is 0 Å². The molecule has 5 heteroatoms. The molecule has 2 heterocycles. The molecule has 1 saturated heterocycles. The van der Waals surface area contributed by atoms with E-state index >= 15 is 0 Å². The van der Waals surface area contributed by atoms with E-state index in [0.717, 1.165) is 37.8 Å². The van der Waals surface area contributed by atoms with E-state index in [9.17, 15) is 0 Å². The number of ether oxygens (including phenoxy) is 1. The third kappa shape index (κ3) is 4.11. The fraction of sp³-hybridized carbons (Fsp3) is 0.438. The third-order valence-electron chi connectivity index (χ3n) is 3.59. The van der Waals surface area contributed by atoms with Crippen LogP contribution in [-0.4, -0.2) is 49.3 Å². The minimum Gasteiger partial charge on any atom is -0.374 e. The van der Waals surface area contributed by atoms with E-state index in [0.29, 0.717) is 6.10 Å². The maximum atomic E-state index is 5.74. The summed E-state index contributed by atoms with van der Waals surface area (Å²) in [6.45, 7) is 4.62. The minimum absolute atomic E-state index is 0.297. The summed E-state index contributed by atoms with van der Waals surface area (Å²) in [7, 11) is 2.14. The van der Waals surface area contributed by atoms with Crippen LogP contribution in [0.2, 0.25) is 0 Å². The van der Waals surface area contributed by atoms with E-state index in [-0.39, 0.29) is 0 Å². The van der Waals surface area contributed by atoms with Crippen molar-refractivity contribution < 1.29 is 4.74 Å². The van der Waals surface area contributed by atoms with Gasteiger partial charge in [0, 0.05) is 42.8 Å². The van der Waals surface area contributed by atoms with Crippen LogP contribution in [-0.2, 0) is 11.3 Å². The Hall–Kier alpha value is -1.27. The van der Waals surface area contributed by atoms with Crippen LogP contribution in [0.15, 0.2) is 36.5 Å². The van der Waals surface area contributed by atoms with E-state index in [1.165, 1.54) is 10.4 Å². The molecule has 2 aromatic rings. The molecule has 112 valence electrons. The molecule has 3 rings (SSSR count). The fourth-order valence-electron chi connectivity index (χ4n) is 2.45. The molecule has 0 amide bonds. The van der Waals surface area contributed by atoms with E-state index in [1.807, 2.05) is 24.4 Å². The van der Waals surface area contributed by atoms with Gasteiger partial charge < -0.3 is 15.0 Å². The SMILES string of the molecule is CN1CCOC(CNCc2cnc(-c3ccccc3)s2)C1. The summed E-state index contributed by atoms with van der Waals surface area (Å²) in [6, 6.07) is 10.3. The maximum Gasteiger partial charge on any atom is 0.123 e. The second-order valence-electron chi connectivity index (χ2n) is 5.38. The predicted octanol–water partition coefficient (Wildman–Crippen LogP) is 2.23. The van der Waals surface area contributed by atoms with E-state index in [1.54, 1.807) is 11.3 Å². The number of nitrogens with one attached hydrogen (secondary N) is 1. The summed E-state index contributed by atoms with van der Waals surface area (Å²) in [5, 5.41) is 4.56. The smallest absolute Gasteiger partial charge is 0.123 e. The molecule has 21 heavy (non-hydrogen) atoms. The standard InChI is InChI=1S/C16H21N3OS/c1-19-7-8-20-14(12-19)9-17-10-15-11-18-16(21-15)13-5-3-2-4-6-13/h2-6,11,14,17H,7-10,12H2,1H3. The highest BCUT2D eigenvalue weighted by Gasteiger charge is 2.17. The zero-order valence-electron chi connectivity index (χ0n) is 12.3. The lowest BCUT2D eigenvalue weighted by molar-refractivity contribution is -0.0181. The van der Waals surface area contributed by atoms with Gasteiger partial charge in [-0.3, -0.25) is 0 Å². The Labute approximate surface area is 129 Å². The van der Waals surface area contributed by atoms with Crippen molar-refractivity contribution in [3.8, 4) is 10.6 Å². The largest absolute Gasteiger partial charge is 0.374 e. The van der Waals surface area contributed by atoms with Crippen LogP contribution < -0.4 is 5.32 Å². The lowest BCUT2D eigenvalue weighted by atomic mass is 10.2. The number of rotatable bonds is 5. The average Bonchev–Trinajstić information content (AvgIpc) is 2.97. The molecule has 0 aliphatic carbocycles. The summed E-state index contributed by atoms with van der Waals surface area (Å²) < 4.78 is 5.74. The lowest BCUT2D eigenvalue weighted by Crippen LogP contribution is -2.44. The van der Waals surface area contributed by atoms with Gasteiger partial charge in [-0.1, -0.05) is 30.3 Å². The molecule has 4 nitrogen and oxygen atoms in total. The molecule has 1 aromatic heterocycles. The van der Waals surface area contributed by atoms with Gasteiger partial charge in [0.05, 0.1) is 12.7 Å². The van der Waals surface area contributed by atoms with Crippen molar-refractivity contribution in [3.63, 3.8) is 0 Å². The highest BCUT2D eigenvalue weighted by Crippen LogP contribution is 2.24. The molecule has 1 unspecified atom stereocenters. The molecule has 1 aromatic carbocycles. The van der Waals surface area contributed by atoms with Crippen LogP contribution in [0.5, 0.6) is 0 Å². The molecule has 0 radical (unpaired) electrons. The number of morpholine rings is 1. The summed E-state index contributed by atoms with van der Waals surface area (Å²) in [5.41, 5.74) is 1.19. The van der Waals surface area contributed by atoms with E-state index in [4.69, 9.17) is 4.74 Å². The van der Waals surface area contributed by atoms with Gasteiger partial charge in [0.2, 0.25) is 0 Å². The molecule has 1 N–H and O–H groups in total. The lowest BCUT2D eigenvalue weighted by Gasteiger charge is -2.30. The zero-order chi connectivity index (χ0) is 14.5. The van der Waals surface area contributed by atoms with Crippen LogP contribution in [0.25, 0.3) is 10.6 Å². The molecule has 0 spiro atoms. The number of benzene rings is 1. The van der Waals surface area contributed by atoms with E-state index < -0.39 is 0 Å². The Morgan fingerprint density at radius 3 is 3.05 bits per heavy atom. The molecule has 1 aliphatic heterocycles. The Kier molecular flexibility index (Phi) is 4.98. The normalized spacial score (nSPS) is 19.8. The number of likely N-dealkylation sites (N-methyl/N-ethyl adjacent to an activating group) is 1. The topological polar surface area (TPSA) is 37.4 Å². The van der Waals surface area contributed by atoms with Crippen molar-refractivity contribution >= 4 is 11.3 Å². The number of hydrogen-bond donors (Lipinski definition) is 1. The Balaban J connectivity index is 1.49. The second-order valence-corrected chi connectivity index (χ2v) is 6.50. The summed E-state index contributed by atoms with van der Waals surface area (Å²) >= 11 is 1.75. The second kappa shape index (κ2) is 7.13. The van der Waals surface area contributed by atoms with Gasteiger partial charge in [-0.05, 0) is 7.05 Å². The molecule has 1 aliphatic rings. The fourth-order valence-corrected chi connectivity index (χ4v) is 3.34. The van der Waals surface area contributed by atoms with Crippen LogP contribution in [0.3, 0.4) is 0 Å². The predicted molar refractivity (Wildman–Crippen MR) is 86.5 cm³/mol. The quantitative estimate of drug-likeness (QED) is 0.919. The van der Waals surface area contributed by atoms with Gasteiger partial charge in [0.25, 0.3) is 0 Å². The van der Waals surface area contributed by atoms with Crippen molar-refractivity contribution in [2.45, 2.75) is 12.6 Å². The molecular weight excluding hydrogens is 282 g/mol. The first-order valence-corrected chi connectivity index (χ1v) is 8.14. The molecule has 0 bridgehead atoms. The maximum absolute atomic E-state index is 5.74. The number of aromatic nitrogens is 1. The molecular formula is C16H21N3OS. The van der Waals surface area contributed by atoms with Gasteiger partial charge in [0.15, 0.2) is 0 Å². The molecule has 1 atom stereocenters. The molecule has 1 fully saturated rings. The first-order valence-electron chi connectivity index (χ1n) is 7.32. The third-order valence-corrected chi connectivity index (χ3v) is 4.63. The number of hydrogen-bond acceptors (Lipinski definition) is 5. The van der Waals surface area contributed by atoms with Crippen LogP contribution in [0.4, 0.5) is 0 Å². The summed E-state index contributed by atoms with van der Waals surface area (Å²) in [4.78, 5) is 8.08. The zero-order valence-corrected chi connectivity index (χ0v) is 13.1. The van der Waals surface area contributed by atoms with Crippen LogP contribution >= 0.6 is 11.3 Å².